The third kappa shape index (κ3) is 3.95. The lowest BCUT2D eigenvalue weighted by atomic mass is 10.1. The van der Waals surface area contributed by atoms with Crippen LogP contribution >= 0.6 is 0 Å². The first-order chi connectivity index (χ1) is 16.2. The van der Waals surface area contributed by atoms with E-state index in [-0.39, 0.29) is 35.4 Å². The van der Waals surface area contributed by atoms with Crippen molar-refractivity contribution in [2.24, 2.45) is 0 Å². The van der Waals surface area contributed by atoms with E-state index in [1.165, 1.54) is 36.4 Å². The summed E-state index contributed by atoms with van der Waals surface area (Å²) >= 11 is 0. The highest BCUT2D eigenvalue weighted by atomic mass is 16.4. The van der Waals surface area contributed by atoms with E-state index >= 15 is 0 Å². The van der Waals surface area contributed by atoms with E-state index in [4.69, 9.17) is 19.7 Å². The number of phenols is 4. The van der Waals surface area contributed by atoms with Gasteiger partial charge in [-0.3, -0.25) is 20.4 Å². The van der Waals surface area contributed by atoms with Gasteiger partial charge in [-0.2, -0.15) is 0 Å². The topological polar surface area (TPSA) is 213 Å². The zero-order chi connectivity index (χ0) is 24.6. The average molecular weight is 466 g/mol. The third-order valence-electron chi connectivity index (χ3n) is 4.96. The van der Waals surface area contributed by atoms with Crippen molar-refractivity contribution in [3.05, 3.63) is 58.6 Å². The molecule has 4 rings (SSSR count). The van der Waals surface area contributed by atoms with Crippen molar-refractivity contribution in [3.8, 4) is 23.0 Å². The predicted molar refractivity (Wildman–Crippen MR) is 115 cm³/mol. The largest absolute Gasteiger partial charge is 0.504 e. The summed E-state index contributed by atoms with van der Waals surface area (Å²) in [6, 6.07) is 7.92. The number of hydrogen-bond acceptors (Lipinski definition) is 10. The second-order valence-corrected chi connectivity index (χ2v) is 7.19. The van der Waals surface area contributed by atoms with Crippen LogP contribution in [0.5, 0.6) is 23.0 Å². The molecule has 2 heterocycles. The molecule has 0 bridgehead atoms. The van der Waals surface area contributed by atoms with E-state index < -0.39 is 45.9 Å². The summed E-state index contributed by atoms with van der Waals surface area (Å²) in [4.78, 5) is 24.9. The predicted octanol–water partition coefficient (Wildman–Crippen LogP) is 1.12. The Morgan fingerprint density at radius 1 is 0.706 bits per heavy atom. The van der Waals surface area contributed by atoms with Crippen molar-refractivity contribution >= 4 is 33.8 Å². The van der Waals surface area contributed by atoms with Gasteiger partial charge in [0.15, 0.2) is 22.7 Å². The lowest BCUT2D eigenvalue weighted by Gasteiger charge is -2.09. The SMILES string of the molecule is N=c1oc2c(O)c(O)ccc2cc1C(=O)NCCNC(=O)c1cc2ccc(O)c(O)c2oc1=N. The number of carbonyl (C=O) groups is 2. The van der Waals surface area contributed by atoms with Gasteiger partial charge in [0, 0.05) is 23.9 Å². The zero-order valence-corrected chi connectivity index (χ0v) is 17.3. The number of nitrogens with one attached hydrogen (secondary N) is 4. The molecule has 0 saturated carbocycles. The smallest absolute Gasteiger partial charge is 0.256 e. The van der Waals surface area contributed by atoms with Crippen molar-refractivity contribution in [1.82, 2.24) is 10.6 Å². The molecule has 0 fully saturated rings. The molecule has 12 heteroatoms. The van der Waals surface area contributed by atoms with Crippen molar-refractivity contribution in [2.45, 2.75) is 0 Å². The Morgan fingerprint density at radius 2 is 1.09 bits per heavy atom. The van der Waals surface area contributed by atoms with Gasteiger partial charge in [-0.15, -0.1) is 0 Å². The first-order valence-electron chi connectivity index (χ1n) is 9.80. The number of carbonyl (C=O) groups excluding carboxylic acids is 2. The van der Waals surface area contributed by atoms with Crippen LogP contribution in [-0.2, 0) is 0 Å². The van der Waals surface area contributed by atoms with Crippen LogP contribution < -0.4 is 21.7 Å². The van der Waals surface area contributed by atoms with Crippen LogP contribution in [0.4, 0.5) is 0 Å². The molecule has 0 aliphatic rings. The maximum absolute atomic E-state index is 12.4. The van der Waals surface area contributed by atoms with Crippen molar-refractivity contribution in [2.75, 3.05) is 13.1 Å². The van der Waals surface area contributed by atoms with Crippen LogP contribution in [0.2, 0.25) is 0 Å². The third-order valence-corrected chi connectivity index (χ3v) is 4.96. The zero-order valence-electron chi connectivity index (χ0n) is 17.3. The summed E-state index contributed by atoms with van der Waals surface area (Å²) in [5.74, 6) is -3.24. The van der Waals surface area contributed by atoms with Crippen LogP contribution in [0.25, 0.3) is 21.9 Å². The van der Waals surface area contributed by atoms with E-state index in [9.17, 15) is 30.0 Å². The van der Waals surface area contributed by atoms with Crippen LogP contribution in [0.1, 0.15) is 20.7 Å². The summed E-state index contributed by atoms with van der Waals surface area (Å²) in [5, 5.41) is 60.1. The van der Waals surface area contributed by atoms with Gasteiger partial charge in [0.05, 0.1) is 0 Å². The molecule has 4 aromatic rings. The van der Waals surface area contributed by atoms with Gasteiger partial charge in [-0.1, -0.05) is 0 Å². The fourth-order valence-corrected chi connectivity index (χ4v) is 3.23. The number of fused-ring (bicyclic) bond motifs is 2. The van der Waals surface area contributed by atoms with Gasteiger partial charge < -0.3 is 39.9 Å². The maximum Gasteiger partial charge on any atom is 0.256 e. The highest BCUT2D eigenvalue weighted by Crippen LogP contribution is 2.33. The Labute approximate surface area is 189 Å². The summed E-state index contributed by atoms with van der Waals surface area (Å²) < 4.78 is 10.3. The fraction of sp³-hybridized carbons (Fsp3) is 0.0909. The quantitative estimate of drug-likeness (QED) is 0.157. The van der Waals surface area contributed by atoms with Crippen LogP contribution in [0, 0.1) is 10.8 Å². The van der Waals surface area contributed by atoms with Gasteiger partial charge in [0.1, 0.15) is 11.1 Å². The molecular formula is C22H18N4O8. The Morgan fingerprint density at radius 3 is 1.47 bits per heavy atom. The maximum atomic E-state index is 12.4. The van der Waals surface area contributed by atoms with Gasteiger partial charge in [0.2, 0.25) is 22.6 Å². The van der Waals surface area contributed by atoms with Crippen LogP contribution in [-0.4, -0.2) is 45.3 Å². The standard InChI is InChI=1S/C22H18N4O8/c23-19-11(7-9-1-3-13(27)15(29)17(9)33-19)21(31)25-5-6-26-22(32)12-8-10-2-4-14(28)16(30)18(10)34-20(12)24/h1-4,7-8,23-24,27-30H,5-6H2,(H,25,31)(H,26,32). The van der Waals surface area contributed by atoms with E-state index in [0.717, 1.165) is 0 Å². The molecule has 0 atom stereocenters. The minimum absolute atomic E-state index is 0.0183. The van der Waals surface area contributed by atoms with Crippen molar-refractivity contribution < 1.29 is 38.8 Å². The van der Waals surface area contributed by atoms with Gasteiger partial charge in [-0.05, 0) is 36.4 Å². The molecule has 2 amide bonds. The summed E-state index contributed by atoms with van der Waals surface area (Å²) in [7, 11) is 0. The Balaban J connectivity index is 1.42. The minimum Gasteiger partial charge on any atom is -0.504 e. The monoisotopic (exact) mass is 466 g/mol. The van der Waals surface area contributed by atoms with Crippen LogP contribution in [0.3, 0.4) is 0 Å². The van der Waals surface area contributed by atoms with E-state index in [1.54, 1.807) is 0 Å². The average Bonchev–Trinajstić information content (AvgIpc) is 2.81. The summed E-state index contributed by atoms with van der Waals surface area (Å²) in [6.07, 6.45) is 0. The first-order valence-corrected chi connectivity index (χ1v) is 9.80. The molecular weight excluding hydrogens is 448 g/mol. The highest BCUT2D eigenvalue weighted by Gasteiger charge is 2.17. The van der Waals surface area contributed by atoms with Crippen molar-refractivity contribution in [1.29, 1.82) is 10.8 Å². The normalized spacial score (nSPS) is 10.9. The summed E-state index contributed by atoms with van der Waals surface area (Å²) in [6.45, 7) is -0.0365. The Bertz CT molecular complexity index is 1470. The molecule has 0 aliphatic heterocycles. The Hall–Kier alpha value is -5.00. The van der Waals surface area contributed by atoms with Crippen LogP contribution in [0.15, 0.2) is 45.2 Å². The van der Waals surface area contributed by atoms with Gasteiger partial charge >= 0.3 is 0 Å². The minimum atomic E-state index is -0.658. The molecule has 2 aromatic carbocycles. The molecule has 12 nitrogen and oxygen atoms in total. The highest BCUT2D eigenvalue weighted by molar-refractivity contribution is 5.98. The first kappa shape index (κ1) is 22.2. The number of hydrogen-bond donors (Lipinski definition) is 8. The van der Waals surface area contributed by atoms with Gasteiger partial charge in [-0.25, -0.2) is 0 Å². The van der Waals surface area contributed by atoms with Gasteiger partial charge in [0.25, 0.3) is 11.8 Å². The number of aromatic hydroxyl groups is 4. The molecule has 34 heavy (non-hydrogen) atoms. The number of benzene rings is 2. The molecule has 0 spiro atoms. The van der Waals surface area contributed by atoms with Crippen molar-refractivity contribution in [3.63, 3.8) is 0 Å². The molecule has 0 saturated heterocycles. The second kappa shape index (κ2) is 8.50. The molecule has 8 N–H and O–H groups in total. The van der Waals surface area contributed by atoms with E-state index in [2.05, 4.69) is 10.6 Å². The molecule has 0 unspecified atom stereocenters. The number of rotatable bonds is 5. The summed E-state index contributed by atoms with van der Waals surface area (Å²) in [5.41, 5.74) is -1.56. The second-order valence-electron chi connectivity index (χ2n) is 7.19. The number of phenolic OH excluding ortho intramolecular Hbond substituents is 4. The molecule has 0 radical (unpaired) electrons. The molecule has 0 aliphatic carbocycles. The number of amides is 2. The van der Waals surface area contributed by atoms with E-state index in [0.29, 0.717) is 10.8 Å². The Kier molecular flexibility index (Phi) is 5.55. The molecule has 2 aromatic heterocycles. The lowest BCUT2D eigenvalue weighted by Crippen LogP contribution is -2.37. The fourth-order valence-electron chi connectivity index (χ4n) is 3.23. The lowest BCUT2D eigenvalue weighted by molar-refractivity contribution is 0.0923. The molecule has 174 valence electrons. The van der Waals surface area contributed by atoms with E-state index in [1.807, 2.05) is 0 Å².